The molecule has 0 bridgehead atoms. The van der Waals surface area contributed by atoms with Crippen LogP contribution in [0.1, 0.15) is 12.5 Å². The van der Waals surface area contributed by atoms with Gasteiger partial charge in [0.1, 0.15) is 17.3 Å². The second-order valence-corrected chi connectivity index (χ2v) is 4.71. The predicted molar refractivity (Wildman–Crippen MR) is 85.2 cm³/mol. The molecule has 2 rings (SSSR count). The van der Waals surface area contributed by atoms with Crippen LogP contribution in [0.5, 0.6) is 11.5 Å². The minimum absolute atomic E-state index is 0.174. The van der Waals surface area contributed by atoms with Crippen LogP contribution in [0.2, 0.25) is 0 Å². The van der Waals surface area contributed by atoms with Gasteiger partial charge in [0.25, 0.3) is 5.91 Å². The molecule has 0 aliphatic heterocycles. The fourth-order valence-corrected chi connectivity index (χ4v) is 1.78. The third-order valence-corrected chi connectivity index (χ3v) is 3.02. The van der Waals surface area contributed by atoms with Crippen LogP contribution in [0.15, 0.2) is 53.6 Å². The molecule has 2 aromatic rings. The van der Waals surface area contributed by atoms with Gasteiger partial charge in [-0.05, 0) is 43.3 Å². The minimum Gasteiger partial charge on any atom is -0.497 e. The highest BCUT2D eigenvalue weighted by Crippen LogP contribution is 2.16. The Balaban J connectivity index is 1.85. The van der Waals surface area contributed by atoms with Crippen LogP contribution in [-0.4, -0.2) is 25.3 Å². The summed E-state index contributed by atoms with van der Waals surface area (Å²) in [5.74, 6) is 0.492. The van der Waals surface area contributed by atoms with Gasteiger partial charge in [0.05, 0.1) is 12.8 Å². The molecular formula is C17H17FN2O3. The number of halogens is 1. The van der Waals surface area contributed by atoms with E-state index in [9.17, 15) is 9.18 Å². The number of hydrogen-bond acceptors (Lipinski definition) is 4. The summed E-state index contributed by atoms with van der Waals surface area (Å²) in [6, 6.07) is 12.9. The maximum atomic E-state index is 13.1. The second kappa shape index (κ2) is 7.93. The van der Waals surface area contributed by atoms with E-state index < -0.39 is 5.91 Å². The summed E-state index contributed by atoms with van der Waals surface area (Å²) in [6.07, 6.45) is 0. The lowest BCUT2D eigenvalue weighted by Crippen LogP contribution is -2.25. The lowest BCUT2D eigenvalue weighted by atomic mass is 10.1. The molecule has 0 saturated heterocycles. The van der Waals surface area contributed by atoms with Crippen LogP contribution in [0.4, 0.5) is 4.39 Å². The first-order valence-electron chi connectivity index (χ1n) is 6.94. The molecule has 6 heteroatoms. The van der Waals surface area contributed by atoms with Crippen LogP contribution < -0.4 is 14.9 Å². The Morgan fingerprint density at radius 3 is 2.52 bits per heavy atom. The molecule has 0 spiro atoms. The molecular weight excluding hydrogens is 299 g/mol. The van der Waals surface area contributed by atoms with Crippen LogP contribution in [-0.2, 0) is 4.79 Å². The summed E-state index contributed by atoms with van der Waals surface area (Å²) in [6.45, 7) is 1.51. The lowest BCUT2D eigenvalue weighted by Gasteiger charge is -2.06. The van der Waals surface area contributed by atoms with E-state index in [1.807, 2.05) is 0 Å². The number of hydrazone groups is 1. The van der Waals surface area contributed by atoms with Crippen molar-refractivity contribution in [2.45, 2.75) is 6.92 Å². The fourth-order valence-electron chi connectivity index (χ4n) is 1.78. The monoisotopic (exact) mass is 316 g/mol. The number of hydrogen-bond donors (Lipinski definition) is 1. The summed E-state index contributed by atoms with van der Waals surface area (Å²) >= 11 is 0. The van der Waals surface area contributed by atoms with Crippen molar-refractivity contribution >= 4 is 11.6 Å². The number of rotatable bonds is 6. The van der Waals surface area contributed by atoms with Crippen LogP contribution in [0, 0.1) is 5.82 Å². The summed E-state index contributed by atoms with van der Waals surface area (Å²) in [5, 5.41) is 3.93. The normalized spacial score (nSPS) is 11.0. The van der Waals surface area contributed by atoms with Crippen molar-refractivity contribution in [3.8, 4) is 11.5 Å². The van der Waals surface area contributed by atoms with E-state index in [4.69, 9.17) is 9.47 Å². The quantitative estimate of drug-likeness (QED) is 0.658. The maximum absolute atomic E-state index is 13.1. The van der Waals surface area contributed by atoms with E-state index in [1.54, 1.807) is 50.4 Å². The van der Waals surface area contributed by atoms with Crippen LogP contribution in [0.25, 0.3) is 0 Å². The SMILES string of the molecule is COc1ccc(OCC(=O)N/N=C(\C)c2cccc(F)c2)cc1. The van der Waals surface area contributed by atoms with Crippen molar-refractivity contribution < 1.29 is 18.7 Å². The molecule has 1 amide bonds. The molecule has 0 unspecified atom stereocenters. The van der Waals surface area contributed by atoms with Gasteiger partial charge in [-0.15, -0.1) is 0 Å². The number of methoxy groups -OCH3 is 1. The van der Waals surface area contributed by atoms with Crippen molar-refractivity contribution in [2.75, 3.05) is 13.7 Å². The zero-order valence-electron chi connectivity index (χ0n) is 12.9. The van der Waals surface area contributed by atoms with Gasteiger partial charge >= 0.3 is 0 Å². The number of amides is 1. The minimum atomic E-state index is -0.406. The molecule has 2 aromatic carbocycles. The average Bonchev–Trinajstić information content (AvgIpc) is 2.58. The van der Waals surface area contributed by atoms with Gasteiger partial charge in [-0.3, -0.25) is 4.79 Å². The standard InChI is InChI=1S/C17H17FN2O3/c1-12(13-4-3-5-14(18)10-13)19-20-17(21)11-23-16-8-6-15(22-2)7-9-16/h3-10H,11H2,1-2H3,(H,20,21)/b19-12+. The molecule has 1 N–H and O–H groups in total. The molecule has 0 saturated carbocycles. The first kappa shape index (κ1) is 16.5. The highest BCUT2D eigenvalue weighted by atomic mass is 19.1. The summed E-state index contributed by atoms with van der Waals surface area (Å²) in [7, 11) is 1.57. The van der Waals surface area contributed by atoms with Gasteiger partial charge in [-0.2, -0.15) is 5.10 Å². The average molecular weight is 316 g/mol. The summed E-state index contributed by atoms with van der Waals surface area (Å²) < 4.78 is 23.5. The number of nitrogens with one attached hydrogen (secondary N) is 1. The molecule has 23 heavy (non-hydrogen) atoms. The van der Waals surface area contributed by atoms with Gasteiger partial charge < -0.3 is 9.47 Å². The van der Waals surface area contributed by atoms with Gasteiger partial charge in [0, 0.05) is 5.56 Å². The van der Waals surface area contributed by atoms with E-state index >= 15 is 0 Å². The molecule has 0 radical (unpaired) electrons. The molecule has 120 valence electrons. The van der Waals surface area contributed by atoms with E-state index in [0.717, 1.165) is 0 Å². The van der Waals surface area contributed by atoms with E-state index in [1.165, 1.54) is 12.1 Å². The van der Waals surface area contributed by atoms with Crippen molar-refractivity contribution in [1.82, 2.24) is 5.43 Å². The lowest BCUT2D eigenvalue weighted by molar-refractivity contribution is -0.123. The van der Waals surface area contributed by atoms with Gasteiger partial charge in [0.15, 0.2) is 6.61 Å². The smallest absolute Gasteiger partial charge is 0.277 e. The molecule has 5 nitrogen and oxygen atoms in total. The zero-order chi connectivity index (χ0) is 16.7. The molecule has 0 atom stereocenters. The molecule has 0 fully saturated rings. The largest absolute Gasteiger partial charge is 0.497 e. The van der Waals surface area contributed by atoms with Crippen LogP contribution in [0.3, 0.4) is 0 Å². The Morgan fingerprint density at radius 1 is 1.17 bits per heavy atom. The summed E-state index contributed by atoms with van der Waals surface area (Å²) in [4.78, 5) is 11.7. The third-order valence-electron chi connectivity index (χ3n) is 3.02. The number of ether oxygens (including phenoxy) is 2. The van der Waals surface area contributed by atoms with E-state index in [-0.39, 0.29) is 12.4 Å². The number of benzene rings is 2. The topological polar surface area (TPSA) is 59.9 Å². The second-order valence-electron chi connectivity index (χ2n) is 4.71. The number of carbonyl (C=O) groups is 1. The Morgan fingerprint density at radius 2 is 1.87 bits per heavy atom. The molecule has 0 aliphatic rings. The maximum Gasteiger partial charge on any atom is 0.277 e. The van der Waals surface area contributed by atoms with Gasteiger partial charge in [-0.25, -0.2) is 9.82 Å². The first-order chi connectivity index (χ1) is 11.1. The van der Waals surface area contributed by atoms with E-state index in [0.29, 0.717) is 22.8 Å². The Kier molecular flexibility index (Phi) is 5.68. The summed E-state index contributed by atoms with van der Waals surface area (Å²) in [5.41, 5.74) is 3.47. The van der Waals surface area contributed by atoms with Crippen LogP contribution >= 0.6 is 0 Å². The van der Waals surface area contributed by atoms with Crippen molar-refractivity contribution in [3.63, 3.8) is 0 Å². The Hall–Kier alpha value is -2.89. The highest BCUT2D eigenvalue weighted by molar-refractivity contribution is 5.99. The predicted octanol–water partition coefficient (Wildman–Crippen LogP) is 2.75. The number of carbonyl (C=O) groups excluding carboxylic acids is 1. The highest BCUT2D eigenvalue weighted by Gasteiger charge is 2.04. The molecule has 0 heterocycles. The van der Waals surface area contributed by atoms with E-state index in [2.05, 4.69) is 10.5 Å². The third kappa shape index (κ3) is 5.10. The fraction of sp³-hybridized carbons (Fsp3) is 0.176. The molecule has 0 aromatic heterocycles. The van der Waals surface area contributed by atoms with Crippen molar-refractivity contribution in [2.24, 2.45) is 5.10 Å². The van der Waals surface area contributed by atoms with Crippen molar-refractivity contribution in [1.29, 1.82) is 0 Å². The first-order valence-corrected chi connectivity index (χ1v) is 6.94. The van der Waals surface area contributed by atoms with Crippen molar-refractivity contribution in [3.05, 3.63) is 59.9 Å². The van der Waals surface area contributed by atoms with Gasteiger partial charge in [-0.1, -0.05) is 12.1 Å². The Labute approximate surface area is 133 Å². The zero-order valence-corrected chi connectivity index (χ0v) is 12.9. The molecule has 0 aliphatic carbocycles. The van der Waals surface area contributed by atoms with Gasteiger partial charge in [0.2, 0.25) is 0 Å². The number of nitrogens with zero attached hydrogens (tertiary/aromatic N) is 1. The Bertz CT molecular complexity index is 699.